The fourth-order valence-corrected chi connectivity index (χ4v) is 5.06. The van der Waals surface area contributed by atoms with Crippen molar-refractivity contribution in [2.45, 2.75) is 57.7 Å². The van der Waals surface area contributed by atoms with E-state index in [1.165, 1.54) is 12.0 Å². The highest BCUT2D eigenvalue weighted by atomic mass is 16.5. The number of alkyl carbamates (subject to hydrolysis) is 1. The van der Waals surface area contributed by atoms with Crippen molar-refractivity contribution >= 4 is 34.8 Å². The van der Waals surface area contributed by atoms with Crippen molar-refractivity contribution in [3.8, 4) is 0 Å². The first-order chi connectivity index (χ1) is 18.5. The molecule has 1 fully saturated rings. The lowest BCUT2D eigenvalue weighted by Gasteiger charge is -2.35. The summed E-state index contributed by atoms with van der Waals surface area (Å²) >= 11 is 0. The Morgan fingerprint density at radius 3 is 2.51 bits per heavy atom. The topological polar surface area (TPSA) is 94.2 Å². The zero-order chi connectivity index (χ0) is 28.8. The van der Waals surface area contributed by atoms with E-state index in [4.69, 9.17) is 14.2 Å². The van der Waals surface area contributed by atoms with Crippen molar-refractivity contribution in [2.75, 3.05) is 27.4 Å². The summed E-state index contributed by atoms with van der Waals surface area (Å²) in [5, 5.41) is 4.77. The molecule has 0 radical (unpaired) electrons. The summed E-state index contributed by atoms with van der Waals surface area (Å²) in [4.78, 5) is 41.1. The number of nitrogens with one attached hydrogen (secondary N) is 1. The average molecular weight is 537 g/mol. The third kappa shape index (κ3) is 6.50. The molecule has 1 saturated heterocycles. The highest BCUT2D eigenvalue weighted by Crippen LogP contribution is 2.42. The lowest BCUT2D eigenvalue weighted by Crippen LogP contribution is -2.57. The van der Waals surface area contributed by atoms with Gasteiger partial charge in [-0.05, 0) is 52.3 Å². The van der Waals surface area contributed by atoms with E-state index in [1.54, 1.807) is 19.3 Å². The van der Waals surface area contributed by atoms with Crippen LogP contribution in [0, 0.1) is 5.41 Å². The summed E-state index contributed by atoms with van der Waals surface area (Å²) in [5.74, 6) is -0.962. The molecule has 0 bridgehead atoms. The number of rotatable bonds is 10. The molecule has 2 amide bonds. The van der Waals surface area contributed by atoms with Crippen LogP contribution in [0.5, 0.6) is 0 Å². The van der Waals surface area contributed by atoms with Gasteiger partial charge >= 0.3 is 12.1 Å². The van der Waals surface area contributed by atoms with E-state index >= 15 is 0 Å². The Balaban J connectivity index is 1.99. The first-order valence-corrected chi connectivity index (χ1v) is 13.1. The minimum atomic E-state index is -0.982. The van der Waals surface area contributed by atoms with Crippen LogP contribution >= 0.6 is 0 Å². The molecule has 3 atom stereocenters. The van der Waals surface area contributed by atoms with Gasteiger partial charge in [0.1, 0.15) is 17.7 Å². The number of methoxy groups -OCH3 is 2. The fourth-order valence-electron chi connectivity index (χ4n) is 5.06. The van der Waals surface area contributed by atoms with E-state index in [0.717, 1.165) is 21.9 Å². The molecule has 2 aromatic rings. The Kier molecular flexibility index (Phi) is 9.56. The van der Waals surface area contributed by atoms with Gasteiger partial charge < -0.3 is 24.4 Å². The molecule has 0 aliphatic carbocycles. The zero-order valence-corrected chi connectivity index (χ0v) is 23.6. The first-order valence-electron chi connectivity index (χ1n) is 13.1. The molecule has 0 saturated carbocycles. The number of amides is 2. The smallest absolute Gasteiger partial charge is 0.407 e. The van der Waals surface area contributed by atoms with Gasteiger partial charge in [0.05, 0.1) is 20.3 Å². The second-order valence-electron chi connectivity index (χ2n) is 10.9. The van der Waals surface area contributed by atoms with Crippen molar-refractivity contribution in [2.24, 2.45) is 5.41 Å². The first kappa shape index (κ1) is 29.9. The van der Waals surface area contributed by atoms with Gasteiger partial charge in [-0.2, -0.15) is 0 Å². The standard InChI is InChI=1S/C31H40N2O6/c1-8-10-13-16-39-29(36)32-26(30(3,4)5)27(34)33-20-31(38-7,19-25(33)28(35)37-6)23-17-21(9-2)24-15-12-11-14-22(24)18-23/h8-9,11-12,14-15,17-18,25-26H,1-2,10,13,16,19-20H2,3-7H3,(H,32,36)/t25-,26?,31-/m0/s1. The number of carbonyl (C=O) groups is 3. The number of fused-ring (bicyclic) bond motifs is 1. The summed E-state index contributed by atoms with van der Waals surface area (Å²) in [6.07, 6.45) is 4.38. The summed E-state index contributed by atoms with van der Waals surface area (Å²) in [6, 6.07) is 10.1. The van der Waals surface area contributed by atoms with Crippen LogP contribution in [-0.2, 0) is 29.4 Å². The van der Waals surface area contributed by atoms with Gasteiger partial charge in [0.2, 0.25) is 5.91 Å². The third-order valence-corrected chi connectivity index (χ3v) is 7.27. The molecule has 0 spiro atoms. The number of hydrogen-bond acceptors (Lipinski definition) is 6. The number of benzene rings is 2. The molecule has 1 heterocycles. The maximum absolute atomic E-state index is 14.1. The second kappa shape index (κ2) is 12.5. The molecule has 1 aliphatic heterocycles. The Morgan fingerprint density at radius 1 is 1.18 bits per heavy atom. The van der Waals surface area contributed by atoms with Crippen LogP contribution < -0.4 is 5.32 Å². The van der Waals surface area contributed by atoms with E-state index in [0.29, 0.717) is 12.8 Å². The fraction of sp³-hybridized carbons (Fsp3) is 0.452. The molecule has 1 N–H and O–H groups in total. The molecule has 0 aromatic heterocycles. The maximum Gasteiger partial charge on any atom is 0.407 e. The number of ether oxygens (including phenoxy) is 3. The molecule has 8 heteroatoms. The quantitative estimate of drug-likeness (QED) is 0.255. The molecule has 2 aromatic carbocycles. The van der Waals surface area contributed by atoms with Crippen LogP contribution in [0.25, 0.3) is 16.8 Å². The monoisotopic (exact) mass is 536 g/mol. The normalized spacial score (nSPS) is 19.8. The average Bonchev–Trinajstić information content (AvgIpc) is 3.33. The van der Waals surface area contributed by atoms with Crippen molar-refractivity contribution in [1.82, 2.24) is 10.2 Å². The van der Waals surface area contributed by atoms with Crippen LogP contribution in [0.2, 0.25) is 0 Å². The van der Waals surface area contributed by atoms with Gasteiger partial charge in [-0.15, -0.1) is 6.58 Å². The number of esters is 1. The number of hydrogen-bond donors (Lipinski definition) is 1. The maximum atomic E-state index is 14.1. The molecule has 8 nitrogen and oxygen atoms in total. The van der Waals surface area contributed by atoms with Crippen LogP contribution in [0.4, 0.5) is 4.79 Å². The van der Waals surface area contributed by atoms with Gasteiger partial charge in [0, 0.05) is 13.5 Å². The zero-order valence-electron chi connectivity index (χ0n) is 23.6. The van der Waals surface area contributed by atoms with Crippen LogP contribution in [0.1, 0.15) is 51.2 Å². The van der Waals surface area contributed by atoms with Crippen LogP contribution in [0.15, 0.2) is 55.6 Å². The Labute approximate surface area is 231 Å². The Hall–Kier alpha value is -3.65. The van der Waals surface area contributed by atoms with Gasteiger partial charge in [-0.25, -0.2) is 9.59 Å². The Bertz CT molecular complexity index is 1230. The molecule has 3 rings (SSSR count). The van der Waals surface area contributed by atoms with E-state index in [1.807, 2.05) is 57.2 Å². The highest BCUT2D eigenvalue weighted by molar-refractivity contribution is 5.93. The van der Waals surface area contributed by atoms with Crippen LogP contribution in [0.3, 0.4) is 0 Å². The number of unbranched alkanes of at least 4 members (excludes halogenated alkanes) is 1. The number of carbonyl (C=O) groups excluding carboxylic acids is 3. The van der Waals surface area contributed by atoms with Gasteiger partial charge in [0.25, 0.3) is 0 Å². The molecule has 39 heavy (non-hydrogen) atoms. The SMILES string of the molecule is C=CCCCOC(=O)NC(C(=O)N1C[C@](OC)(c2cc(C=C)c3ccccc3c2)C[C@H]1C(=O)OC)C(C)(C)C. The lowest BCUT2D eigenvalue weighted by molar-refractivity contribution is -0.152. The summed E-state index contributed by atoms with van der Waals surface area (Å²) in [5.41, 5.74) is 0.0936. The molecular weight excluding hydrogens is 496 g/mol. The van der Waals surface area contributed by atoms with Crippen molar-refractivity contribution in [3.05, 3.63) is 66.8 Å². The molecule has 1 aliphatic rings. The van der Waals surface area contributed by atoms with Crippen molar-refractivity contribution in [3.63, 3.8) is 0 Å². The van der Waals surface area contributed by atoms with Gasteiger partial charge in [0.15, 0.2) is 0 Å². The molecule has 210 valence electrons. The predicted octanol–water partition coefficient (Wildman–Crippen LogP) is 5.21. The largest absolute Gasteiger partial charge is 0.467 e. The van der Waals surface area contributed by atoms with Crippen molar-refractivity contribution in [1.29, 1.82) is 0 Å². The number of nitrogens with zero attached hydrogens (tertiary/aromatic N) is 1. The van der Waals surface area contributed by atoms with E-state index in [2.05, 4.69) is 18.5 Å². The molecular formula is C31H40N2O6. The highest BCUT2D eigenvalue weighted by Gasteiger charge is 2.53. The predicted molar refractivity (Wildman–Crippen MR) is 152 cm³/mol. The second-order valence-corrected chi connectivity index (χ2v) is 10.9. The minimum absolute atomic E-state index is 0.0969. The number of likely N-dealkylation sites (tertiary alicyclic amines) is 1. The van der Waals surface area contributed by atoms with Gasteiger partial charge in [-0.3, -0.25) is 4.79 Å². The Morgan fingerprint density at radius 2 is 1.90 bits per heavy atom. The summed E-state index contributed by atoms with van der Waals surface area (Å²) in [7, 11) is 2.87. The summed E-state index contributed by atoms with van der Waals surface area (Å²) in [6.45, 7) is 13.5. The van der Waals surface area contributed by atoms with Crippen LogP contribution in [-0.4, -0.2) is 62.3 Å². The van der Waals surface area contributed by atoms with Crippen molar-refractivity contribution < 1.29 is 28.6 Å². The van der Waals surface area contributed by atoms with E-state index in [9.17, 15) is 14.4 Å². The number of allylic oxidation sites excluding steroid dienone is 1. The van der Waals surface area contributed by atoms with E-state index in [-0.39, 0.29) is 19.6 Å². The lowest BCUT2D eigenvalue weighted by atomic mass is 9.85. The molecule has 1 unspecified atom stereocenters. The third-order valence-electron chi connectivity index (χ3n) is 7.27. The van der Waals surface area contributed by atoms with E-state index < -0.39 is 41.1 Å². The summed E-state index contributed by atoms with van der Waals surface area (Å²) < 4.78 is 16.5. The van der Waals surface area contributed by atoms with Gasteiger partial charge in [-0.1, -0.05) is 63.8 Å². The minimum Gasteiger partial charge on any atom is -0.467 e.